The summed E-state index contributed by atoms with van der Waals surface area (Å²) in [5.41, 5.74) is 1.56. The lowest BCUT2D eigenvalue weighted by atomic mass is 9.88. The molecule has 0 aliphatic carbocycles. The van der Waals surface area contributed by atoms with Crippen LogP contribution in [-0.2, 0) is 0 Å². The summed E-state index contributed by atoms with van der Waals surface area (Å²) >= 11 is 0. The minimum absolute atomic E-state index is 0.797. The molecule has 1 aromatic carbocycles. The predicted molar refractivity (Wildman–Crippen MR) is 95.9 cm³/mol. The van der Waals surface area contributed by atoms with E-state index in [1.54, 1.807) is 5.56 Å². The van der Waals surface area contributed by atoms with E-state index in [1.807, 2.05) is 0 Å². The normalized spacial score (nSPS) is 12.5. The Kier molecular flexibility index (Phi) is 11.2. The van der Waals surface area contributed by atoms with E-state index in [2.05, 4.69) is 44.2 Å². The zero-order chi connectivity index (χ0) is 15.2. The summed E-state index contributed by atoms with van der Waals surface area (Å²) in [4.78, 5) is 0. The summed E-state index contributed by atoms with van der Waals surface area (Å²) in [5, 5.41) is 0. The monoisotopic (exact) mass is 288 g/mol. The number of rotatable bonds is 13. The molecule has 0 fully saturated rings. The van der Waals surface area contributed by atoms with Crippen LogP contribution >= 0.6 is 0 Å². The molecule has 1 unspecified atom stereocenters. The molecule has 0 saturated heterocycles. The van der Waals surface area contributed by atoms with Crippen molar-refractivity contribution in [2.24, 2.45) is 0 Å². The Hall–Kier alpha value is -0.780. The van der Waals surface area contributed by atoms with Crippen LogP contribution in [0.4, 0.5) is 0 Å². The van der Waals surface area contributed by atoms with Gasteiger partial charge in [-0.3, -0.25) is 0 Å². The molecule has 1 rings (SSSR count). The highest BCUT2D eigenvalue weighted by Gasteiger charge is 2.10. The molecular formula is C21H36. The number of hydrogen-bond donors (Lipinski definition) is 0. The first-order valence-electron chi connectivity index (χ1n) is 9.43. The Bertz CT molecular complexity index is 314. The predicted octanol–water partition coefficient (Wildman–Crippen LogP) is 7.49. The lowest BCUT2D eigenvalue weighted by molar-refractivity contribution is 0.498. The highest BCUT2D eigenvalue weighted by atomic mass is 14.1. The molecule has 21 heavy (non-hydrogen) atoms. The third kappa shape index (κ3) is 8.96. The van der Waals surface area contributed by atoms with E-state index in [0.717, 1.165) is 5.92 Å². The van der Waals surface area contributed by atoms with Gasteiger partial charge >= 0.3 is 0 Å². The largest absolute Gasteiger partial charge is 0.0654 e. The van der Waals surface area contributed by atoms with Crippen LogP contribution in [-0.4, -0.2) is 0 Å². The van der Waals surface area contributed by atoms with E-state index >= 15 is 0 Å². The summed E-state index contributed by atoms with van der Waals surface area (Å²) in [6, 6.07) is 11.2. The summed E-state index contributed by atoms with van der Waals surface area (Å²) in [6.45, 7) is 4.60. The Morgan fingerprint density at radius 3 is 1.76 bits per heavy atom. The number of hydrogen-bond acceptors (Lipinski definition) is 0. The molecule has 0 amide bonds. The third-order valence-corrected chi connectivity index (χ3v) is 4.58. The van der Waals surface area contributed by atoms with E-state index in [9.17, 15) is 0 Å². The van der Waals surface area contributed by atoms with Gasteiger partial charge in [0.2, 0.25) is 0 Å². The van der Waals surface area contributed by atoms with Gasteiger partial charge in [-0.15, -0.1) is 0 Å². The fourth-order valence-electron chi connectivity index (χ4n) is 3.18. The van der Waals surface area contributed by atoms with Gasteiger partial charge in [-0.05, 0) is 24.3 Å². The van der Waals surface area contributed by atoms with Crippen LogP contribution in [0.3, 0.4) is 0 Å². The summed E-state index contributed by atoms with van der Waals surface area (Å²) in [5.74, 6) is 0.797. The Labute approximate surface area is 133 Å². The first-order chi connectivity index (χ1) is 10.4. The molecule has 0 N–H and O–H groups in total. The van der Waals surface area contributed by atoms with Crippen LogP contribution in [0.25, 0.3) is 0 Å². The molecule has 0 heterocycles. The van der Waals surface area contributed by atoms with Crippen LogP contribution < -0.4 is 0 Å². The van der Waals surface area contributed by atoms with E-state index in [4.69, 9.17) is 0 Å². The molecule has 120 valence electrons. The fourth-order valence-corrected chi connectivity index (χ4v) is 3.18. The van der Waals surface area contributed by atoms with Crippen molar-refractivity contribution in [3.05, 3.63) is 35.9 Å². The van der Waals surface area contributed by atoms with E-state index in [1.165, 1.54) is 77.0 Å². The van der Waals surface area contributed by atoms with Gasteiger partial charge in [0.1, 0.15) is 0 Å². The third-order valence-electron chi connectivity index (χ3n) is 4.58. The van der Waals surface area contributed by atoms with E-state index in [-0.39, 0.29) is 0 Å². The second-order valence-electron chi connectivity index (χ2n) is 6.51. The summed E-state index contributed by atoms with van der Waals surface area (Å²) in [7, 11) is 0. The first kappa shape index (κ1) is 18.3. The molecule has 0 aliphatic heterocycles. The molecule has 0 saturated carbocycles. The molecule has 0 aliphatic rings. The molecule has 0 heteroatoms. The van der Waals surface area contributed by atoms with Gasteiger partial charge in [0.05, 0.1) is 0 Å². The molecular weight excluding hydrogens is 252 g/mol. The highest BCUT2D eigenvalue weighted by molar-refractivity contribution is 5.19. The van der Waals surface area contributed by atoms with Crippen molar-refractivity contribution < 1.29 is 0 Å². The van der Waals surface area contributed by atoms with Gasteiger partial charge in [-0.2, -0.15) is 0 Å². The SMILES string of the molecule is CCCCCCCCCCC(CCCC)c1ccccc1. The molecule has 0 nitrogen and oxygen atoms in total. The van der Waals surface area contributed by atoms with Gasteiger partial charge in [-0.1, -0.05) is 108 Å². The van der Waals surface area contributed by atoms with Crippen molar-refractivity contribution in [2.45, 2.75) is 96.8 Å². The minimum Gasteiger partial charge on any atom is -0.0654 e. The highest BCUT2D eigenvalue weighted by Crippen LogP contribution is 2.28. The maximum atomic E-state index is 2.32. The van der Waals surface area contributed by atoms with Crippen molar-refractivity contribution in [1.82, 2.24) is 0 Å². The van der Waals surface area contributed by atoms with Gasteiger partial charge in [0.15, 0.2) is 0 Å². The van der Waals surface area contributed by atoms with Gasteiger partial charge in [-0.25, -0.2) is 0 Å². The smallest absolute Gasteiger partial charge is 0.0162 e. The van der Waals surface area contributed by atoms with Crippen molar-refractivity contribution in [3.63, 3.8) is 0 Å². The van der Waals surface area contributed by atoms with Crippen LogP contribution in [0.5, 0.6) is 0 Å². The standard InChI is InChI=1S/C21H36/c1-3-5-7-8-9-10-11-13-17-20(16-6-4-2)21-18-14-12-15-19-21/h12,14-15,18-20H,3-11,13,16-17H2,1-2H3. The molecule has 0 aromatic heterocycles. The van der Waals surface area contributed by atoms with Crippen molar-refractivity contribution in [2.75, 3.05) is 0 Å². The van der Waals surface area contributed by atoms with Crippen LogP contribution in [0.1, 0.15) is 102 Å². The molecule has 0 bridgehead atoms. The summed E-state index contributed by atoms with van der Waals surface area (Å²) < 4.78 is 0. The average Bonchev–Trinajstić information content (AvgIpc) is 2.53. The van der Waals surface area contributed by atoms with Crippen LogP contribution in [0, 0.1) is 0 Å². The topological polar surface area (TPSA) is 0 Å². The maximum absolute atomic E-state index is 2.32. The van der Waals surface area contributed by atoms with Crippen LogP contribution in [0.15, 0.2) is 30.3 Å². The minimum atomic E-state index is 0.797. The van der Waals surface area contributed by atoms with E-state index < -0.39 is 0 Å². The first-order valence-corrected chi connectivity index (χ1v) is 9.43. The summed E-state index contributed by atoms with van der Waals surface area (Å²) in [6.07, 6.45) is 16.9. The van der Waals surface area contributed by atoms with Crippen molar-refractivity contribution >= 4 is 0 Å². The van der Waals surface area contributed by atoms with Gasteiger partial charge in [0, 0.05) is 0 Å². The second-order valence-corrected chi connectivity index (χ2v) is 6.51. The lowest BCUT2D eigenvalue weighted by Gasteiger charge is -2.17. The zero-order valence-electron chi connectivity index (χ0n) is 14.4. The lowest BCUT2D eigenvalue weighted by Crippen LogP contribution is -1.99. The molecule has 1 atom stereocenters. The Morgan fingerprint density at radius 2 is 1.14 bits per heavy atom. The molecule has 1 aromatic rings. The quantitative estimate of drug-likeness (QED) is 0.330. The second kappa shape index (κ2) is 12.9. The molecule has 0 radical (unpaired) electrons. The van der Waals surface area contributed by atoms with Crippen LogP contribution in [0.2, 0.25) is 0 Å². The maximum Gasteiger partial charge on any atom is -0.0162 e. The number of benzene rings is 1. The number of unbranched alkanes of at least 4 members (excludes halogenated alkanes) is 8. The van der Waals surface area contributed by atoms with Gasteiger partial charge < -0.3 is 0 Å². The van der Waals surface area contributed by atoms with Crippen molar-refractivity contribution in [3.8, 4) is 0 Å². The Morgan fingerprint density at radius 1 is 0.619 bits per heavy atom. The average molecular weight is 289 g/mol. The Balaban J connectivity index is 2.18. The zero-order valence-corrected chi connectivity index (χ0v) is 14.4. The van der Waals surface area contributed by atoms with Gasteiger partial charge in [0.25, 0.3) is 0 Å². The van der Waals surface area contributed by atoms with Crippen molar-refractivity contribution in [1.29, 1.82) is 0 Å². The molecule has 0 spiro atoms. The van der Waals surface area contributed by atoms with E-state index in [0.29, 0.717) is 0 Å². The fraction of sp³-hybridized carbons (Fsp3) is 0.714.